The van der Waals surface area contributed by atoms with Gasteiger partial charge in [-0.1, -0.05) is 28.1 Å². The van der Waals surface area contributed by atoms with Crippen LogP contribution in [0.15, 0.2) is 59.1 Å². The fraction of sp³-hybridized carbons (Fsp3) is 0.174. The molecule has 1 aromatic heterocycles. The zero-order valence-electron chi connectivity index (χ0n) is 16.2. The van der Waals surface area contributed by atoms with Gasteiger partial charge in [-0.2, -0.15) is 0 Å². The summed E-state index contributed by atoms with van der Waals surface area (Å²) in [5, 5.41) is 5.33. The van der Waals surface area contributed by atoms with E-state index in [-0.39, 0.29) is 23.4 Å². The molecule has 0 bridgehead atoms. The zero-order valence-corrected chi connectivity index (χ0v) is 17.8. The predicted molar refractivity (Wildman–Crippen MR) is 118 cm³/mol. The fourth-order valence-electron chi connectivity index (χ4n) is 3.09. The highest BCUT2D eigenvalue weighted by atomic mass is 79.9. The summed E-state index contributed by atoms with van der Waals surface area (Å²) in [4.78, 5) is 29.2. The van der Waals surface area contributed by atoms with Crippen LogP contribution in [0.2, 0.25) is 0 Å². The number of aryl methyl sites for hydroxylation is 1. The molecular weight excluding hydrogens is 449 g/mol. The lowest BCUT2D eigenvalue weighted by molar-refractivity contribution is -0.117. The highest BCUT2D eigenvalue weighted by Crippen LogP contribution is 2.31. The number of carbonyl (C=O) groups is 2. The Labute approximate surface area is 181 Å². The minimum atomic E-state index is -0.543. The lowest BCUT2D eigenvalue weighted by Gasteiger charge is -2.11. The first-order valence-electron chi connectivity index (χ1n) is 9.56. The first-order chi connectivity index (χ1) is 14.4. The average molecular weight is 468 g/mol. The minimum Gasteiger partial charge on any atom is -0.323 e. The van der Waals surface area contributed by atoms with Crippen molar-refractivity contribution < 1.29 is 14.0 Å². The normalized spacial score (nSPS) is 13.0. The molecule has 1 aliphatic carbocycles. The van der Waals surface area contributed by atoms with E-state index in [1.165, 1.54) is 18.2 Å². The monoisotopic (exact) mass is 467 g/mol. The molecule has 4 rings (SSSR count). The van der Waals surface area contributed by atoms with Gasteiger partial charge in [0.2, 0.25) is 5.91 Å². The molecular formula is C23H19BrFN3O2. The molecule has 2 amide bonds. The molecule has 1 saturated carbocycles. The predicted octanol–water partition coefficient (Wildman–Crippen LogP) is 5.56. The second-order valence-electron chi connectivity index (χ2n) is 7.25. The SMILES string of the molecule is Cc1nc(-c2cccc(Br)c2)ccc1C(=O)Nc1ccc(F)c(NC(=O)C2CC2)c1. The van der Waals surface area contributed by atoms with E-state index in [2.05, 4.69) is 31.5 Å². The smallest absolute Gasteiger partial charge is 0.257 e. The van der Waals surface area contributed by atoms with Crippen LogP contribution in [-0.4, -0.2) is 16.8 Å². The number of nitrogens with one attached hydrogen (secondary N) is 2. The Balaban J connectivity index is 1.51. The molecule has 5 nitrogen and oxygen atoms in total. The van der Waals surface area contributed by atoms with Crippen LogP contribution in [0.5, 0.6) is 0 Å². The van der Waals surface area contributed by atoms with Gasteiger partial charge < -0.3 is 10.6 Å². The summed E-state index contributed by atoms with van der Waals surface area (Å²) in [5.74, 6) is -1.13. The topological polar surface area (TPSA) is 71.1 Å². The van der Waals surface area contributed by atoms with E-state index in [1.807, 2.05) is 24.3 Å². The number of pyridine rings is 1. The summed E-state index contributed by atoms with van der Waals surface area (Å²) in [6.07, 6.45) is 1.65. The molecule has 2 aromatic carbocycles. The van der Waals surface area contributed by atoms with Crippen molar-refractivity contribution in [3.05, 3.63) is 76.1 Å². The molecule has 1 fully saturated rings. The van der Waals surface area contributed by atoms with Gasteiger partial charge in [-0.3, -0.25) is 14.6 Å². The number of rotatable bonds is 5. The van der Waals surface area contributed by atoms with Crippen molar-refractivity contribution in [1.29, 1.82) is 0 Å². The summed E-state index contributed by atoms with van der Waals surface area (Å²) in [6, 6.07) is 15.4. The Morgan fingerprint density at radius 2 is 1.87 bits per heavy atom. The summed E-state index contributed by atoms with van der Waals surface area (Å²) in [5.41, 5.74) is 3.15. The van der Waals surface area contributed by atoms with Crippen molar-refractivity contribution in [2.75, 3.05) is 10.6 Å². The molecule has 0 unspecified atom stereocenters. The number of halogens is 2. The Kier molecular flexibility index (Phi) is 5.63. The maximum Gasteiger partial charge on any atom is 0.257 e. The largest absolute Gasteiger partial charge is 0.323 e. The Morgan fingerprint density at radius 3 is 2.57 bits per heavy atom. The van der Waals surface area contributed by atoms with Gasteiger partial charge in [0, 0.05) is 21.6 Å². The number of anilines is 2. The number of aromatic nitrogens is 1. The second kappa shape index (κ2) is 8.36. The van der Waals surface area contributed by atoms with Crippen LogP contribution in [0, 0.1) is 18.7 Å². The first kappa shape index (κ1) is 20.2. The molecule has 0 aliphatic heterocycles. The number of nitrogens with zero attached hydrogens (tertiary/aromatic N) is 1. The maximum atomic E-state index is 14.0. The number of hydrogen-bond acceptors (Lipinski definition) is 3. The van der Waals surface area contributed by atoms with Crippen LogP contribution in [0.4, 0.5) is 15.8 Å². The number of amides is 2. The van der Waals surface area contributed by atoms with E-state index in [0.29, 0.717) is 16.9 Å². The second-order valence-corrected chi connectivity index (χ2v) is 8.17. The Hall–Kier alpha value is -3.06. The molecule has 0 radical (unpaired) electrons. The fourth-order valence-corrected chi connectivity index (χ4v) is 3.49. The van der Waals surface area contributed by atoms with E-state index in [4.69, 9.17) is 0 Å². The van der Waals surface area contributed by atoms with Crippen molar-refractivity contribution in [2.45, 2.75) is 19.8 Å². The van der Waals surface area contributed by atoms with E-state index in [9.17, 15) is 14.0 Å². The van der Waals surface area contributed by atoms with Crippen molar-refractivity contribution in [1.82, 2.24) is 4.98 Å². The van der Waals surface area contributed by atoms with Crippen molar-refractivity contribution in [3.63, 3.8) is 0 Å². The third-order valence-electron chi connectivity index (χ3n) is 4.88. The Morgan fingerprint density at radius 1 is 1.07 bits per heavy atom. The van der Waals surface area contributed by atoms with Crippen molar-refractivity contribution in [3.8, 4) is 11.3 Å². The first-order valence-corrected chi connectivity index (χ1v) is 10.4. The summed E-state index contributed by atoms with van der Waals surface area (Å²) >= 11 is 3.44. The van der Waals surface area contributed by atoms with E-state index < -0.39 is 5.82 Å². The summed E-state index contributed by atoms with van der Waals surface area (Å²) in [6.45, 7) is 1.77. The molecule has 1 aliphatic rings. The lowest BCUT2D eigenvalue weighted by Crippen LogP contribution is -2.16. The minimum absolute atomic E-state index is 0.0416. The van der Waals surface area contributed by atoms with Crippen LogP contribution in [0.3, 0.4) is 0 Å². The zero-order chi connectivity index (χ0) is 21.3. The highest BCUT2D eigenvalue weighted by molar-refractivity contribution is 9.10. The third-order valence-corrected chi connectivity index (χ3v) is 5.37. The van der Waals surface area contributed by atoms with Gasteiger partial charge >= 0.3 is 0 Å². The quantitative estimate of drug-likeness (QED) is 0.515. The van der Waals surface area contributed by atoms with Crippen LogP contribution in [-0.2, 0) is 4.79 Å². The molecule has 152 valence electrons. The average Bonchev–Trinajstić information content (AvgIpc) is 3.56. The van der Waals surface area contributed by atoms with Gasteiger partial charge in [-0.05, 0) is 62.2 Å². The van der Waals surface area contributed by atoms with Crippen LogP contribution in [0.25, 0.3) is 11.3 Å². The van der Waals surface area contributed by atoms with Gasteiger partial charge in [-0.15, -0.1) is 0 Å². The number of hydrogen-bond donors (Lipinski definition) is 2. The molecule has 3 aromatic rings. The Bertz CT molecular complexity index is 1150. The maximum absolute atomic E-state index is 14.0. The van der Waals surface area contributed by atoms with E-state index in [0.717, 1.165) is 28.6 Å². The third kappa shape index (κ3) is 4.57. The molecule has 1 heterocycles. The van der Waals surface area contributed by atoms with E-state index >= 15 is 0 Å². The molecule has 0 spiro atoms. The van der Waals surface area contributed by atoms with Gasteiger partial charge in [0.1, 0.15) is 5.82 Å². The molecule has 7 heteroatoms. The van der Waals surface area contributed by atoms with Crippen LogP contribution >= 0.6 is 15.9 Å². The van der Waals surface area contributed by atoms with Crippen LogP contribution in [0.1, 0.15) is 28.9 Å². The number of benzene rings is 2. The van der Waals surface area contributed by atoms with Gasteiger partial charge in [0.15, 0.2) is 0 Å². The molecule has 2 N–H and O–H groups in total. The summed E-state index contributed by atoms with van der Waals surface area (Å²) in [7, 11) is 0. The van der Waals surface area contributed by atoms with Crippen molar-refractivity contribution >= 4 is 39.1 Å². The molecule has 30 heavy (non-hydrogen) atoms. The summed E-state index contributed by atoms with van der Waals surface area (Å²) < 4.78 is 15.0. The molecule has 0 atom stereocenters. The lowest BCUT2D eigenvalue weighted by atomic mass is 10.1. The standard InChI is InChI=1S/C23H19BrFN3O2/c1-13-18(8-10-20(26-13)15-3-2-4-16(24)11-15)23(30)27-17-7-9-19(25)21(12-17)28-22(29)14-5-6-14/h2-4,7-12,14H,5-6H2,1H3,(H,27,30)(H,28,29). The van der Waals surface area contributed by atoms with Crippen molar-refractivity contribution in [2.24, 2.45) is 5.92 Å². The van der Waals surface area contributed by atoms with Crippen LogP contribution < -0.4 is 10.6 Å². The molecule has 0 saturated heterocycles. The van der Waals surface area contributed by atoms with Gasteiger partial charge in [0.25, 0.3) is 5.91 Å². The van der Waals surface area contributed by atoms with E-state index in [1.54, 1.807) is 19.1 Å². The van der Waals surface area contributed by atoms with Gasteiger partial charge in [-0.25, -0.2) is 4.39 Å². The number of carbonyl (C=O) groups excluding carboxylic acids is 2. The van der Waals surface area contributed by atoms with Gasteiger partial charge in [0.05, 0.1) is 22.6 Å². The highest BCUT2D eigenvalue weighted by Gasteiger charge is 2.30.